The minimum Gasteiger partial charge on any atom is -0.540 e. The number of para-hydroxylation sites is 1. The van der Waals surface area contributed by atoms with E-state index in [0.29, 0.717) is 11.3 Å². The van der Waals surface area contributed by atoms with Crippen molar-refractivity contribution in [1.29, 1.82) is 0 Å². The Kier molecular flexibility index (Phi) is 5.42. The van der Waals surface area contributed by atoms with Gasteiger partial charge in [0.1, 0.15) is 11.9 Å². The van der Waals surface area contributed by atoms with Crippen molar-refractivity contribution >= 4 is 10.3 Å². The molecule has 1 aliphatic heterocycles. The van der Waals surface area contributed by atoms with Crippen LogP contribution in [0.15, 0.2) is 24.3 Å². The van der Waals surface area contributed by atoms with Crippen LogP contribution in [0.4, 0.5) is 0 Å². The molecule has 0 spiro atoms. The summed E-state index contributed by atoms with van der Waals surface area (Å²) in [5.74, 6) is -0.238. The number of hydrogen-bond acceptors (Lipinski definition) is 5. The fraction of sp³-hybridized carbons (Fsp3) is 0.455. The summed E-state index contributed by atoms with van der Waals surface area (Å²) in [5, 5.41) is 6.70. The first-order chi connectivity index (χ1) is 8.27. The molecule has 0 radical (unpaired) electrons. The van der Waals surface area contributed by atoms with Crippen molar-refractivity contribution in [3.8, 4) is 5.75 Å². The molecule has 1 N–H and O–H groups in total. The Morgan fingerprint density at radius 2 is 2.00 bits per heavy atom. The van der Waals surface area contributed by atoms with Crippen molar-refractivity contribution in [3.05, 3.63) is 35.0 Å². The first-order valence-electron chi connectivity index (χ1n) is 5.37. The zero-order valence-electron chi connectivity index (χ0n) is 11.0. The molecule has 0 aromatic heterocycles. The third kappa shape index (κ3) is 4.71. The zero-order valence-corrected chi connectivity index (χ0v) is 13.9. The monoisotopic (exact) mass is 295 g/mol. The minimum absolute atomic E-state index is 0. The molecule has 1 unspecified atom stereocenters. The van der Waals surface area contributed by atoms with Gasteiger partial charge >= 0.3 is 29.6 Å². The smallest absolute Gasteiger partial charge is 0.540 e. The number of fused-ring (bicyclic) bond motifs is 1. The summed E-state index contributed by atoms with van der Waals surface area (Å²) in [4.78, 5) is 0. The van der Waals surface area contributed by atoms with Crippen LogP contribution in [0.5, 0.6) is 5.75 Å². The molecule has 1 heterocycles. The van der Waals surface area contributed by atoms with Gasteiger partial charge in [0.25, 0.3) is 0 Å². The Bertz CT molecular complexity index is 546. The Balaban J connectivity index is 0.00000180. The van der Waals surface area contributed by atoms with E-state index in [1.807, 2.05) is 6.07 Å². The molecular weight excluding hydrogens is 281 g/mol. The summed E-state index contributed by atoms with van der Waals surface area (Å²) < 4.78 is 37.1. The van der Waals surface area contributed by atoms with Crippen LogP contribution >= 0.6 is 0 Å². The summed E-state index contributed by atoms with van der Waals surface area (Å²) in [6.45, 7) is 3.21. The molecule has 6 nitrogen and oxygen atoms in total. The largest absolute Gasteiger partial charge is 1.00 e. The Labute approximate surface area is 134 Å². The normalized spacial score (nSPS) is 20.9. The molecule has 2 rings (SSSR count). The molecule has 1 aliphatic rings. The van der Waals surface area contributed by atoms with Crippen LogP contribution in [0.25, 0.3) is 5.14 Å². The van der Waals surface area contributed by atoms with Crippen molar-refractivity contribution < 1.29 is 51.6 Å². The van der Waals surface area contributed by atoms with E-state index in [4.69, 9.17) is 14.6 Å². The van der Waals surface area contributed by atoms with Gasteiger partial charge in [-0.15, -0.1) is 0 Å². The van der Waals surface area contributed by atoms with Gasteiger partial charge in [-0.3, -0.25) is 4.18 Å². The molecule has 0 fully saturated rings. The van der Waals surface area contributed by atoms with Gasteiger partial charge in [0.2, 0.25) is 5.79 Å². The molecule has 100 valence electrons. The van der Waals surface area contributed by atoms with Gasteiger partial charge in [0.05, 0.1) is 6.61 Å². The van der Waals surface area contributed by atoms with Crippen LogP contribution in [0.3, 0.4) is 0 Å². The molecule has 1 atom stereocenters. The fourth-order valence-corrected chi connectivity index (χ4v) is 2.11. The maximum absolute atomic E-state index is 10.7. The van der Waals surface area contributed by atoms with Gasteiger partial charge in [0, 0.05) is 19.4 Å². The second-order valence-electron chi connectivity index (χ2n) is 4.38. The predicted octanol–water partition coefficient (Wildman–Crippen LogP) is -0.810. The number of ether oxygens (including phenoxy) is 2. The molecule has 8 heteroatoms. The standard InChI is InChI=1S/C11H14NO5S.Na/c1-11(2)16-9-6-4-3-5-8(9)10(17-11)7-15-18(12,13)14;/h3-6,10H,7H2,1-2H3,(H-,12,13,14);/q-1;+1. The van der Waals surface area contributed by atoms with Gasteiger partial charge in [-0.2, -0.15) is 0 Å². The summed E-state index contributed by atoms with van der Waals surface area (Å²) in [7, 11) is -4.23. The number of rotatable bonds is 3. The molecule has 0 saturated heterocycles. The van der Waals surface area contributed by atoms with E-state index in [-0.39, 0.29) is 36.2 Å². The van der Waals surface area contributed by atoms with E-state index < -0.39 is 22.2 Å². The Morgan fingerprint density at radius 3 is 2.63 bits per heavy atom. The van der Waals surface area contributed by atoms with Crippen molar-refractivity contribution in [2.75, 3.05) is 6.61 Å². The molecule has 0 bridgehead atoms. The molecule has 1 aromatic rings. The molecular formula is C11H14NNaO5S. The van der Waals surface area contributed by atoms with Crippen molar-refractivity contribution in [2.45, 2.75) is 25.7 Å². The van der Waals surface area contributed by atoms with Crippen molar-refractivity contribution in [3.63, 3.8) is 0 Å². The first-order valence-corrected chi connectivity index (χ1v) is 6.77. The van der Waals surface area contributed by atoms with E-state index in [1.54, 1.807) is 32.0 Å². The minimum atomic E-state index is -4.23. The predicted molar refractivity (Wildman–Crippen MR) is 64.2 cm³/mol. The molecule has 0 aliphatic carbocycles. The van der Waals surface area contributed by atoms with Crippen LogP contribution in [0, 0.1) is 0 Å². The average Bonchev–Trinajstić information content (AvgIpc) is 2.23. The molecule has 19 heavy (non-hydrogen) atoms. The van der Waals surface area contributed by atoms with Crippen LogP contribution in [0.2, 0.25) is 0 Å². The number of benzene rings is 1. The molecule has 0 saturated carbocycles. The van der Waals surface area contributed by atoms with E-state index in [2.05, 4.69) is 4.18 Å². The van der Waals surface area contributed by atoms with Gasteiger partial charge in [-0.1, -0.05) is 18.2 Å². The van der Waals surface area contributed by atoms with E-state index in [9.17, 15) is 8.42 Å². The summed E-state index contributed by atoms with van der Waals surface area (Å²) in [5.41, 5.74) is 0.709. The van der Waals surface area contributed by atoms with Crippen LogP contribution in [0.1, 0.15) is 25.5 Å². The van der Waals surface area contributed by atoms with E-state index >= 15 is 0 Å². The van der Waals surface area contributed by atoms with E-state index in [0.717, 1.165) is 0 Å². The Hall–Kier alpha value is -0.150. The maximum atomic E-state index is 10.7. The molecule has 0 amide bonds. The van der Waals surface area contributed by atoms with Crippen molar-refractivity contribution in [1.82, 2.24) is 0 Å². The van der Waals surface area contributed by atoms with Crippen molar-refractivity contribution in [2.24, 2.45) is 0 Å². The first kappa shape index (κ1) is 16.9. The third-order valence-electron chi connectivity index (χ3n) is 2.42. The zero-order chi connectivity index (χ0) is 13.4. The second kappa shape index (κ2) is 6.09. The average molecular weight is 295 g/mol. The van der Waals surface area contributed by atoms with Gasteiger partial charge in [-0.05, 0) is 6.07 Å². The number of nitrogens with one attached hydrogen (secondary N) is 1. The number of hydrogen-bond donors (Lipinski definition) is 0. The molecule has 1 aromatic carbocycles. The van der Waals surface area contributed by atoms with Crippen LogP contribution < -0.4 is 34.3 Å². The van der Waals surface area contributed by atoms with Crippen LogP contribution in [-0.2, 0) is 19.2 Å². The SMILES string of the molecule is CC1(C)Oc2ccccc2C(COS([NH-])(=O)=O)O1.[Na+]. The summed E-state index contributed by atoms with van der Waals surface area (Å²) in [6, 6.07) is 7.17. The third-order valence-corrected chi connectivity index (χ3v) is 2.87. The van der Waals surface area contributed by atoms with Gasteiger partial charge in [0.15, 0.2) is 10.3 Å². The topological polar surface area (TPSA) is 85.6 Å². The Morgan fingerprint density at radius 1 is 1.37 bits per heavy atom. The van der Waals surface area contributed by atoms with Crippen LogP contribution in [-0.4, -0.2) is 20.8 Å². The summed E-state index contributed by atoms with van der Waals surface area (Å²) >= 11 is 0. The second-order valence-corrected chi connectivity index (χ2v) is 5.53. The van der Waals surface area contributed by atoms with E-state index in [1.165, 1.54) is 0 Å². The van der Waals surface area contributed by atoms with Gasteiger partial charge < -0.3 is 14.6 Å². The maximum Gasteiger partial charge on any atom is 1.00 e. The quantitative estimate of drug-likeness (QED) is 0.681. The summed E-state index contributed by atoms with van der Waals surface area (Å²) in [6.07, 6.45) is -0.579. The van der Waals surface area contributed by atoms with Gasteiger partial charge in [-0.25, -0.2) is 8.42 Å². The fourth-order valence-electron chi connectivity index (χ4n) is 1.81.